The number of esters is 1. The summed E-state index contributed by atoms with van der Waals surface area (Å²) in [6.45, 7) is 9.23. The molecule has 5 aliphatic rings. The number of allylic oxidation sites excluding steroid dienone is 4. The molecule has 4 saturated carbocycles. The summed E-state index contributed by atoms with van der Waals surface area (Å²) in [6.07, 6.45) is 1.92. The van der Waals surface area contributed by atoms with Crippen LogP contribution in [0.1, 0.15) is 66.7 Å². The number of alkyl halides is 2. The molecule has 0 amide bonds. The number of hydrogen-bond acceptors (Lipinski definition) is 5. The average molecular weight is 523 g/mol. The third-order valence-electron chi connectivity index (χ3n) is 10.7. The smallest absolute Gasteiger partial charge is 0.310 e. The van der Waals surface area contributed by atoms with Gasteiger partial charge in [-0.2, -0.15) is 0 Å². The Hall–Kier alpha value is -1.54. The van der Waals surface area contributed by atoms with E-state index < -0.39 is 69.0 Å². The maximum atomic E-state index is 17.3. The lowest BCUT2D eigenvalue weighted by molar-refractivity contribution is -0.231. The van der Waals surface area contributed by atoms with Gasteiger partial charge in [-0.3, -0.25) is 14.4 Å². The van der Waals surface area contributed by atoms with Crippen molar-refractivity contribution in [1.82, 2.24) is 0 Å². The van der Waals surface area contributed by atoms with Crippen LogP contribution in [0, 0.1) is 39.9 Å². The minimum atomic E-state index is -2.25. The molecule has 0 aromatic rings. The second kappa shape index (κ2) is 7.75. The van der Waals surface area contributed by atoms with Crippen molar-refractivity contribution >= 4 is 29.5 Å². The number of halogens is 2. The summed E-state index contributed by atoms with van der Waals surface area (Å²) in [4.78, 5) is 38.5. The molecule has 8 heteroatoms. The number of rotatable bonds is 3. The molecule has 0 heterocycles. The van der Waals surface area contributed by atoms with Gasteiger partial charge in [-0.15, -0.1) is 12.6 Å². The Morgan fingerprint density at radius 2 is 1.75 bits per heavy atom. The Labute approximate surface area is 216 Å². The fourth-order valence-electron chi connectivity index (χ4n) is 8.92. The quantitative estimate of drug-likeness (QED) is 0.414. The van der Waals surface area contributed by atoms with Gasteiger partial charge >= 0.3 is 5.97 Å². The average Bonchev–Trinajstić information content (AvgIpc) is 2.97. The van der Waals surface area contributed by atoms with Gasteiger partial charge in [-0.05, 0) is 68.1 Å². The Morgan fingerprint density at radius 1 is 1.11 bits per heavy atom. The van der Waals surface area contributed by atoms with Crippen LogP contribution in [0.3, 0.4) is 0 Å². The first-order valence-corrected chi connectivity index (χ1v) is 13.4. The summed E-state index contributed by atoms with van der Waals surface area (Å²) < 4.78 is 39.0. The SMILES string of the molecule is C[C@@H]1C[C@H]2[C@@H]3C[C@H](F)C4=CC(=O)C=C[C@]4(C)[C@@]3(F)[C@@H](O)C[C@]2(C)[C@@]1(OC(=O)C1CC(C)(C)C1)C(=O)S. The van der Waals surface area contributed by atoms with Crippen LogP contribution in [0.15, 0.2) is 23.8 Å². The number of hydrogen-bond donors (Lipinski definition) is 2. The molecule has 0 aromatic heterocycles. The van der Waals surface area contributed by atoms with Gasteiger partial charge in [0, 0.05) is 22.7 Å². The molecule has 0 aliphatic heterocycles. The Kier molecular flexibility index (Phi) is 5.61. The topological polar surface area (TPSA) is 80.7 Å². The van der Waals surface area contributed by atoms with Gasteiger partial charge < -0.3 is 9.84 Å². The fourth-order valence-corrected chi connectivity index (χ4v) is 9.44. The Bertz CT molecular complexity index is 1090. The maximum Gasteiger partial charge on any atom is 0.310 e. The molecule has 5 rings (SSSR count). The monoisotopic (exact) mass is 522 g/mol. The normalized spacial score (nSPS) is 49.3. The van der Waals surface area contributed by atoms with E-state index in [1.165, 1.54) is 12.2 Å². The van der Waals surface area contributed by atoms with Crippen LogP contribution in [-0.4, -0.2) is 45.5 Å². The minimum Gasteiger partial charge on any atom is -0.449 e. The van der Waals surface area contributed by atoms with Gasteiger partial charge in [-0.25, -0.2) is 8.78 Å². The zero-order valence-electron chi connectivity index (χ0n) is 21.5. The minimum absolute atomic E-state index is 0.0260. The highest BCUT2D eigenvalue weighted by molar-refractivity contribution is 7.96. The summed E-state index contributed by atoms with van der Waals surface area (Å²) in [5.41, 5.74) is -6.46. The molecule has 198 valence electrons. The van der Waals surface area contributed by atoms with Gasteiger partial charge in [0.2, 0.25) is 5.12 Å². The summed E-state index contributed by atoms with van der Waals surface area (Å²) in [6, 6.07) is 0. The van der Waals surface area contributed by atoms with Crippen molar-refractivity contribution in [3.63, 3.8) is 0 Å². The third-order valence-corrected chi connectivity index (χ3v) is 11.0. The highest BCUT2D eigenvalue weighted by Crippen LogP contribution is 2.72. The molecule has 0 spiro atoms. The van der Waals surface area contributed by atoms with Crippen LogP contribution in [0.2, 0.25) is 0 Å². The predicted octanol–water partition coefficient (Wildman–Crippen LogP) is 4.73. The van der Waals surface area contributed by atoms with Crippen molar-refractivity contribution in [2.24, 2.45) is 39.9 Å². The third kappa shape index (κ3) is 3.06. The highest BCUT2D eigenvalue weighted by Gasteiger charge is 2.78. The summed E-state index contributed by atoms with van der Waals surface area (Å²) in [7, 11) is 0. The van der Waals surface area contributed by atoms with Crippen molar-refractivity contribution < 1.29 is 33.0 Å². The predicted molar refractivity (Wildman–Crippen MR) is 133 cm³/mol. The number of ketones is 1. The zero-order chi connectivity index (χ0) is 26.6. The van der Waals surface area contributed by atoms with Gasteiger partial charge in [0.05, 0.1) is 12.0 Å². The Balaban J connectivity index is 1.57. The molecule has 5 aliphatic carbocycles. The molecule has 0 aromatic carbocycles. The molecule has 0 bridgehead atoms. The summed E-state index contributed by atoms with van der Waals surface area (Å²) >= 11 is 4.20. The lowest BCUT2D eigenvalue weighted by Crippen LogP contribution is -2.70. The van der Waals surface area contributed by atoms with Gasteiger partial charge in [0.15, 0.2) is 17.1 Å². The van der Waals surface area contributed by atoms with Crippen LogP contribution < -0.4 is 0 Å². The number of aliphatic hydroxyl groups excluding tert-OH is 1. The number of carbonyl (C=O) groups excluding carboxylic acids is 3. The summed E-state index contributed by atoms with van der Waals surface area (Å²) in [5.74, 6) is -3.16. The number of aliphatic hydroxyl groups is 1. The maximum absolute atomic E-state index is 17.3. The lowest BCUT2D eigenvalue weighted by Gasteiger charge is -2.63. The van der Waals surface area contributed by atoms with Crippen LogP contribution in [0.4, 0.5) is 8.78 Å². The van der Waals surface area contributed by atoms with Gasteiger partial charge in [-0.1, -0.05) is 33.8 Å². The first-order chi connectivity index (χ1) is 16.5. The first kappa shape index (κ1) is 26.1. The molecule has 0 unspecified atom stereocenters. The second-order valence-corrected chi connectivity index (χ2v) is 13.6. The van der Waals surface area contributed by atoms with Crippen LogP contribution in [0.25, 0.3) is 0 Å². The molecule has 1 N–H and O–H groups in total. The largest absolute Gasteiger partial charge is 0.449 e. The number of ether oxygens (including phenoxy) is 1. The van der Waals surface area contributed by atoms with Crippen molar-refractivity contribution in [3.8, 4) is 0 Å². The summed E-state index contributed by atoms with van der Waals surface area (Å²) in [5, 5.41) is 10.9. The first-order valence-electron chi connectivity index (χ1n) is 13.0. The van der Waals surface area contributed by atoms with E-state index >= 15 is 8.78 Å². The highest BCUT2D eigenvalue weighted by atomic mass is 32.1. The van der Waals surface area contributed by atoms with Crippen molar-refractivity contribution in [1.29, 1.82) is 0 Å². The van der Waals surface area contributed by atoms with E-state index in [0.29, 0.717) is 19.3 Å². The van der Waals surface area contributed by atoms with E-state index in [-0.39, 0.29) is 29.7 Å². The van der Waals surface area contributed by atoms with Crippen molar-refractivity contribution in [2.45, 2.75) is 90.3 Å². The van der Waals surface area contributed by atoms with E-state index in [1.807, 2.05) is 0 Å². The number of carbonyl (C=O) groups is 3. The van der Waals surface area contributed by atoms with E-state index in [0.717, 1.165) is 6.08 Å². The molecular weight excluding hydrogens is 486 g/mol. The van der Waals surface area contributed by atoms with E-state index in [2.05, 4.69) is 26.5 Å². The number of fused-ring (bicyclic) bond motifs is 5. The second-order valence-electron chi connectivity index (χ2n) is 13.2. The molecule has 36 heavy (non-hydrogen) atoms. The number of thiol groups is 1. The van der Waals surface area contributed by atoms with E-state index in [4.69, 9.17) is 4.74 Å². The van der Waals surface area contributed by atoms with Gasteiger partial charge in [0.25, 0.3) is 0 Å². The molecule has 9 atom stereocenters. The molecular formula is C28H36F2O5S. The molecule has 0 saturated heterocycles. The van der Waals surface area contributed by atoms with Crippen LogP contribution >= 0.6 is 12.6 Å². The van der Waals surface area contributed by atoms with Crippen molar-refractivity contribution in [2.75, 3.05) is 0 Å². The van der Waals surface area contributed by atoms with Crippen LogP contribution in [-0.2, 0) is 19.1 Å². The zero-order valence-corrected chi connectivity index (χ0v) is 22.4. The van der Waals surface area contributed by atoms with Crippen LogP contribution in [0.5, 0.6) is 0 Å². The fraction of sp³-hybridized carbons (Fsp3) is 0.750. The molecule has 4 fully saturated rings. The molecule has 5 nitrogen and oxygen atoms in total. The molecule has 0 radical (unpaired) electrons. The van der Waals surface area contributed by atoms with E-state index in [1.54, 1.807) is 20.8 Å². The lowest BCUT2D eigenvalue weighted by atomic mass is 9.44. The standard InChI is InChI=1S/C28H36F2O5S/c1-14-8-17-18-10-20(29)19-9-16(31)6-7-25(19,4)27(18,30)21(32)13-26(17,5)28(14,23(34)36)35-22(33)15-11-24(2,3)12-15/h6-7,9,14-15,17-18,20-21,32H,8,10-13H2,1-5H3,(H,34,36)/t14-,17+,18+,20+,21+,25+,26+,27+,28+/m1/s1. The Morgan fingerprint density at radius 3 is 2.33 bits per heavy atom. The van der Waals surface area contributed by atoms with E-state index in [9.17, 15) is 19.5 Å². The van der Waals surface area contributed by atoms with Gasteiger partial charge in [0.1, 0.15) is 6.17 Å². The van der Waals surface area contributed by atoms with Crippen molar-refractivity contribution in [3.05, 3.63) is 23.8 Å².